The normalized spacial score (nSPS) is 13.4. The fourth-order valence-corrected chi connectivity index (χ4v) is 2.16. The number of rotatable bonds is 7. The molecule has 0 aliphatic rings. The first kappa shape index (κ1) is 17.7. The summed E-state index contributed by atoms with van der Waals surface area (Å²) in [6.07, 6.45) is 0.927. The number of carboxylic acid groups (broad SMARTS) is 1. The van der Waals surface area contributed by atoms with Crippen molar-refractivity contribution in [2.45, 2.75) is 38.6 Å². The van der Waals surface area contributed by atoms with Gasteiger partial charge in [0.15, 0.2) is 0 Å². The molecule has 0 aliphatic heterocycles. The zero-order chi connectivity index (χ0) is 16.0. The van der Waals surface area contributed by atoms with Crippen molar-refractivity contribution in [1.29, 1.82) is 0 Å². The van der Waals surface area contributed by atoms with Crippen molar-refractivity contribution >= 4 is 5.97 Å². The third-order valence-corrected chi connectivity index (χ3v) is 3.49. The molecule has 0 aromatic heterocycles. The number of aliphatic carboxylic acids is 1. The molecule has 2 N–H and O–H groups in total. The Labute approximate surface area is 128 Å². The van der Waals surface area contributed by atoms with E-state index in [4.69, 9.17) is 0 Å². The molecule has 0 spiro atoms. The van der Waals surface area contributed by atoms with Gasteiger partial charge in [0.25, 0.3) is 0 Å². The maximum atomic E-state index is 11.4. The highest BCUT2D eigenvalue weighted by atomic mass is 16.4. The van der Waals surface area contributed by atoms with Gasteiger partial charge in [-0.1, -0.05) is 45.0 Å². The monoisotopic (exact) mass is 292 g/mol. The van der Waals surface area contributed by atoms with Gasteiger partial charge in [0, 0.05) is 0 Å². The Bertz CT molecular complexity index is 447. The Morgan fingerprint density at radius 2 is 1.81 bits per heavy atom. The van der Waals surface area contributed by atoms with Crippen LogP contribution in [-0.2, 0) is 10.2 Å². The number of carboxylic acids is 1. The van der Waals surface area contributed by atoms with Crippen LogP contribution in [0.1, 0.15) is 44.4 Å². The summed E-state index contributed by atoms with van der Waals surface area (Å²) >= 11 is 0. The smallest absolute Gasteiger partial charge is 0.325 e. The van der Waals surface area contributed by atoms with E-state index in [1.165, 1.54) is 5.56 Å². The summed E-state index contributed by atoms with van der Waals surface area (Å²) in [4.78, 5) is 13.5. The molecule has 1 aromatic rings. The molecule has 1 atom stereocenters. The van der Waals surface area contributed by atoms with Crippen LogP contribution in [0.5, 0.6) is 0 Å². The van der Waals surface area contributed by atoms with Gasteiger partial charge >= 0.3 is 5.97 Å². The van der Waals surface area contributed by atoms with E-state index in [1.54, 1.807) is 0 Å². The van der Waals surface area contributed by atoms with Crippen LogP contribution in [0.15, 0.2) is 24.3 Å². The van der Waals surface area contributed by atoms with Gasteiger partial charge in [-0.15, -0.1) is 0 Å². The fourth-order valence-electron chi connectivity index (χ4n) is 2.16. The van der Waals surface area contributed by atoms with Gasteiger partial charge in [-0.3, -0.25) is 4.79 Å². The molecule has 0 fully saturated rings. The lowest BCUT2D eigenvalue weighted by atomic mass is 9.86. The summed E-state index contributed by atoms with van der Waals surface area (Å²) in [5.41, 5.74) is 2.10. The van der Waals surface area contributed by atoms with Crippen molar-refractivity contribution in [1.82, 2.24) is 10.2 Å². The lowest BCUT2D eigenvalue weighted by molar-refractivity contribution is -0.139. The topological polar surface area (TPSA) is 52.6 Å². The number of hydrogen-bond donors (Lipinski definition) is 2. The van der Waals surface area contributed by atoms with E-state index in [9.17, 15) is 9.90 Å². The first-order valence-electron chi connectivity index (χ1n) is 7.43. The van der Waals surface area contributed by atoms with E-state index < -0.39 is 12.0 Å². The van der Waals surface area contributed by atoms with Gasteiger partial charge in [0.1, 0.15) is 6.04 Å². The number of benzene rings is 1. The Balaban J connectivity index is 2.70. The highest BCUT2D eigenvalue weighted by Crippen LogP contribution is 2.24. The predicted octanol–water partition coefficient (Wildman–Crippen LogP) is 2.65. The first-order chi connectivity index (χ1) is 9.71. The van der Waals surface area contributed by atoms with Gasteiger partial charge in [-0.25, -0.2) is 0 Å². The van der Waals surface area contributed by atoms with E-state index in [-0.39, 0.29) is 5.41 Å². The Morgan fingerprint density at radius 1 is 1.24 bits per heavy atom. The molecule has 21 heavy (non-hydrogen) atoms. The summed E-state index contributed by atoms with van der Waals surface area (Å²) in [7, 11) is 4.03. The van der Waals surface area contributed by atoms with Crippen LogP contribution in [0.3, 0.4) is 0 Å². The van der Waals surface area contributed by atoms with Gasteiger partial charge in [0.05, 0.1) is 0 Å². The van der Waals surface area contributed by atoms with Crippen molar-refractivity contribution in [2.24, 2.45) is 0 Å². The third kappa shape index (κ3) is 5.86. The fraction of sp³-hybridized carbons (Fsp3) is 0.588. The Morgan fingerprint density at radius 3 is 2.24 bits per heavy atom. The van der Waals surface area contributed by atoms with Crippen LogP contribution in [0.4, 0.5) is 0 Å². The van der Waals surface area contributed by atoms with Crippen molar-refractivity contribution in [3.8, 4) is 0 Å². The maximum Gasteiger partial charge on any atom is 0.325 e. The minimum atomic E-state index is -0.830. The molecular formula is C17H28N2O2. The van der Waals surface area contributed by atoms with Gasteiger partial charge in [-0.2, -0.15) is 0 Å². The van der Waals surface area contributed by atoms with E-state index in [0.717, 1.165) is 18.5 Å². The molecule has 0 bridgehead atoms. The molecule has 1 unspecified atom stereocenters. The zero-order valence-electron chi connectivity index (χ0n) is 13.8. The first-order valence-corrected chi connectivity index (χ1v) is 7.43. The van der Waals surface area contributed by atoms with E-state index in [0.29, 0.717) is 6.54 Å². The van der Waals surface area contributed by atoms with E-state index in [1.807, 2.05) is 38.4 Å². The summed E-state index contributed by atoms with van der Waals surface area (Å²) in [6, 6.07) is 7.23. The quantitative estimate of drug-likeness (QED) is 0.759. The van der Waals surface area contributed by atoms with Gasteiger partial charge in [-0.05, 0) is 50.1 Å². The Hall–Kier alpha value is -1.39. The second-order valence-electron chi connectivity index (χ2n) is 6.75. The van der Waals surface area contributed by atoms with Crippen LogP contribution >= 0.6 is 0 Å². The number of hydrogen-bond acceptors (Lipinski definition) is 3. The molecule has 0 aliphatic carbocycles. The highest BCUT2D eigenvalue weighted by molar-refractivity contribution is 5.75. The molecule has 0 saturated heterocycles. The average molecular weight is 292 g/mol. The van der Waals surface area contributed by atoms with Crippen molar-refractivity contribution in [3.05, 3.63) is 35.4 Å². The molecule has 0 saturated carbocycles. The zero-order valence-corrected chi connectivity index (χ0v) is 13.8. The van der Waals surface area contributed by atoms with Crippen LogP contribution in [0.2, 0.25) is 0 Å². The maximum absolute atomic E-state index is 11.4. The molecule has 1 rings (SSSR count). The highest BCUT2D eigenvalue weighted by Gasteiger charge is 2.20. The van der Waals surface area contributed by atoms with Crippen molar-refractivity contribution in [3.63, 3.8) is 0 Å². The molecule has 118 valence electrons. The summed E-state index contributed by atoms with van der Waals surface area (Å²) in [5.74, 6) is -0.830. The molecule has 0 heterocycles. The second-order valence-corrected chi connectivity index (χ2v) is 6.75. The van der Waals surface area contributed by atoms with Crippen LogP contribution in [0.25, 0.3) is 0 Å². The molecule has 1 aromatic carbocycles. The SMILES string of the molecule is CN(C)CCCNC(C(=O)O)c1ccc(C(C)(C)C)cc1. The van der Waals surface area contributed by atoms with Crippen LogP contribution < -0.4 is 5.32 Å². The van der Waals surface area contributed by atoms with Crippen molar-refractivity contribution < 1.29 is 9.90 Å². The van der Waals surface area contributed by atoms with Crippen molar-refractivity contribution in [2.75, 3.05) is 27.2 Å². The molecule has 4 nitrogen and oxygen atoms in total. The van der Waals surface area contributed by atoms with E-state index in [2.05, 4.69) is 31.0 Å². The molecule has 0 amide bonds. The van der Waals surface area contributed by atoms with Crippen LogP contribution in [-0.4, -0.2) is 43.2 Å². The lowest BCUT2D eigenvalue weighted by Gasteiger charge is -2.21. The largest absolute Gasteiger partial charge is 0.480 e. The summed E-state index contributed by atoms with van der Waals surface area (Å²) in [5, 5.41) is 12.5. The van der Waals surface area contributed by atoms with Gasteiger partial charge < -0.3 is 15.3 Å². The average Bonchev–Trinajstić information content (AvgIpc) is 2.37. The standard InChI is InChI=1S/C17H28N2O2/c1-17(2,3)14-9-7-13(8-10-14)15(16(20)21)18-11-6-12-19(4)5/h7-10,15,18H,6,11-12H2,1-5H3,(H,20,21). The third-order valence-electron chi connectivity index (χ3n) is 3.49. The Kier molecular flexibility index (Phi) is 6.37. The molecule has 4 heteroatoms. The van der Waals surface area contributed by atoms with Gasteiger partial charge in [0.2, 0.25) is 0 Å². The predicted molar refractivity (Wildman–Crippen MR) is 86.7 cm³/mol. The minimum Gasteiger partial charge on any atom is -0.480 e. The number of carbonyl (C=O) groups is 1. The molecular weight excluding hydrogens is 264 g/mol. The minimum absolute atomic E-state index is 0.0798. The van der Waals surface area contributed by atoms with E-state index >= 15 is 0 Å². The summed E-state index contributed by atoms with van der Waals surface area (Å²) < 4.78 is 0. The number of nitrogens with zero attached hydrogens (tertiary/aromatic N) is 1. The summed E-state index contributed by atoms with van der Waals surface area (Å²) in [6.45, 7) is 8.08. The number of nitrogens with one attached hydrogen (secondary N) is 1. The second kappa shape index (κ2) is 7.57. The van der Waals surface area contributed by atoms with Crippen LogP contribution in [0, 0.1) is 0 Å². The lowest BCUT2D eigenvalue weighted by Crippen LogP contribution is -2.30. The molecule has 0 radical (unpaired) electrons.